The number of carbonyl (C=O) groups excluding carboxylic acids is 2. The molecule has 1 aromatic carbocycles. The molecule has 0 unspecified atom stereocenters. The van der Waals surface area contributed by atoms with E-state index in [1.165, 1.54) is 0 Å². The first-order chi connectivity index (χ1) is 11.5. The van der Waals surface area contributed by atoms with Crippen molar-refractivity contribution in [1.29, 1.82) is 0 Å². The Bertz CT molecular complexity index is 712. The van der Waals surface area contributed by atoms with Gasteiger partial charge in [0, 0.05) is 12.5 Å². The molecule has 1 heterocycles. The molecule has 0 aliphatic rings. The molecule has 0 fully saturated rings. The highest BCUT2D eigenvalue weighted by Crippen LogP contribution is 2.17. The van der Waals surface area contributed by atoms with Crippen LogP contribution in [0.25, 0.3) is 0 Å². The number of hydrogen-bond acceptors (Lipinski definition) is 6. The number of carbonyl (C=O) groups is 2. The molecule has 0 radical (unpaired) electrons. The lowest BCUT2D eigenvalue weighted by atomic mass is 10.2. The van der Waals surface area contributed by atoms with Gasteiger partial charge in [0.15, 0.2) is 6.61 Å². The van der Waals surface area contributed by atoms with E-state index < -0.39 is 12.0 Å². The summed E-state index contributed by atoms with van der Waals surface area (Å²) in [6.07, 6.45) is 0.610. The molecule has 2 aromatic rings. The van der Waals surface area contributed by atoms with Crippen LogP contribution in [-0.2, 0) is 17.8 Å². The molecule has 0 saturated carbocycles. The topological polar surface area (TPSA) is 106 Å². The number of benzene rings is 1. The first kappa shape index (κ1) is 17.5. The molecular formula is C16H20N4O4. The van der Waals surface area contributed by atoms with Crippen LogP contribution in [0.15, 0.2) is 28.7 Å². The maximum absolute atomic E-state index is 12.2. The average molecular weight is 332 g/mol. The van der Waals surface area contributed by atoms with Crippen LogP contribution in [0.1, 0.15) is 42.9 Å². The van der Waals surface area contributed by atoms with Crippen molar-refractivity contribution in [2.45, 2.75) is 39.8 Å². The van der Waals surface area contributed by atoms with Crippen molar-refractivity contribution in [3.05, 3.63) is 41.6 Å². The summed E-state index contributed by atoms with van der Waals surface area (Å²) >= 11 is 0. The molecule has 0 bridgehead atoms. The molecule has 1 aromatic heterocycles. The summed E-state index contributed by atoms with van der Waals surface area (Å²) < 4.78 is 10.4. The van der Waals surface area contributed by atoms with Gasteiger partial charge in [-0.15, -0.1) is 10.2 Å². The van der Waals surface area contributed by atoms with Gasteiger partial charge in [0.05, 0.1) is 11.3 Å². The zero-order valence-corrected chi connectivity index (χ0v) is 13.8. The van der Waals surface area contributed by atoms with Crippen molar-refractivity contribution in [2.75, 3.05) is 5.32 Å². The van der Waals surface area contributed by atoms with E-state index in [1.54, 1.807) is 24.3 Å². The highest BCUT2D eigenvalue weighted by atomic mass is 16.5. The van der Waals surface area contributed by atoms with Crippen LogP contribution in [0.2, 0.25) is 0 Å². The quantitative estimate of drug-likeness (QED) is 0.787. The fourth-order valence-electron chi connectivity index (χ4n) is 1.89. The minimum Gasteiger partial charge on any atom is -0.452 e. The van der Waals surface area contributed by atoms with Crippen molar-refractivity contribution < 1.29 is 18.7 Å². The first-order valence-corrected chi connectivity index (χ1v) is 7.64. The highest BCUT2D eigenvalue weighted by molar-refractivity contribution is 6.00. The number of nitrogens with zero attached hydrogens (tertiary/aromatic N) is 2. The number of esters is 1. The summed E-state index contributed by atoms with van der Waals surface area (Å²) in [6, 6.07) is 6.18. The van der Waals surface area contributed by atoms with Crippen LogP contribution < -0.4 is 10.6 Å². The van der Waals surface area contributed by atoms with Crippen molar-refractivity contribution in [3.63, 3.8) is 0 Å². The molecule has 2 N–H and O–H groups in total. The molecule has 24 heavy (non-hydrogen) atoms. The maximum atomic E-state index is 12.2. The Balaban J connectivity index is 2.02. The van der Waals surface area contributed by atoms with Gasteiger partial charge in [-0.2, -0.15) is 0 Å². The average Bonchev–Trinajstić information content (AvgIpc) is 3.00. The van der Waals surface area contributed by atoms with Crippen LogP contribution in [0, 0.1) is 0 Å². The van der Waals surface area contributed by atoms with Crippen molar-refractivity contribution in [2.24, 2.45) is 0 Å². The van der Waals surface area contributed by atoms with Gasteiger partial charge in [0.25, 0.3) is 5.89 Å². The first-order valence-electron chi connectivity index (χ1n) is 7.64. The van der Waals surface area contributed by atoms with Gasteiger partial charge in [-0.05, 0) is 26.0 Å². The Morgan fingerprint density at radius 2 is 1.92 bits per heavy atom. The minimum atomic E-state index is -0.591. The van der Waals surface area contributed by atoms with Crippen LogP contribution >= 0.6 is 0 Å². The summed E-state index contributed by atoms with van der Waals surface area (Å²) in [5.74, 6) is 0.114. The third-order valence-electron chi connectivity index (χ3n) is 2.95. The maximum Gasteiger partial charge on any atom is 0.340 e. The lowest BCUT2D eigenvalue weighted by molar-refractivity contribution is 0.0438. The third kappa shape index (κ3) is 4.80. The molecule has 128 valence electrons. The van der Waals surface area contributed by atoms with Crippen molar-refractivity contribution in [1.82, 2.24) is 15.5 Å². The highest BCUT2D eigenvalue weighted by Gasteiger charge is 2.16. The number of rotatable bonds is 6. The Hall–Kier alpha value is -2.90. The van der Waals surface area contributed by atoms with E-state index in [2.05, 4.69) is 20.8 Å². The number of aromatic nitrogens is 2. The monoisotopic (exact) mass is 332 g/mol. The van der Waals surface area contributed by atoms with E-state index in [4.69, 9.17) is 9.15 Å². The molecule has 2 amide bonds. The second kappa shape index (κ2) is 8.09. The minimum absolute atomic E-state index is 0.0191. The number of hydrogen-bond donors (Lipinski definition) is 2. The SMILES string of the molecule is CCc1nnc(COC(=O)c2ccccc2NC(=O)NC(C)C)o1. The van der Waals surface area contributed by atoms with E-state index in [9.17, 15) is 9.59 Å². The van der Waals surface area contributed by atoms with Crippen LogP contribution in [0.3, 0.4) is 0 Å². The number of para-hydroxylation sites is 1. The van der Waals surface area contributed by atoms with Gasteiger partial charge in [0.1, 0.15) is 0 Å². The van der Waals surface area contributed by atoms with Gasteiger partial charge >= 0.3 is 12.0 Å². The normalized spacial score (nSPS) is 10.5. The molecular weight excluding hydrogens is 312 g/mol. The van der Waals surface area contributed by atoms with Gasteiger partial charge in [-0.25, -0.2) is 9.59 Å². The van der Waals surface area contributed by atoms with E-state index in [0.717, 1.165) is 0 Å². The summed E-state index contributed by atoms with van der Waals surface area (Å²) in [6.45, 7) is 5.44. The Morgan fingerprint density at radius 1 is 1.21 bits per heavy atom. The third-order valence-corrected chi connectivity index (χ3v) is 2.95. The number of nitrogens with one attached hydrogen (secondary N) is 2. The summed E-state index contributed by atoms with van der Waals surface area (Å²) in [5.41, 5.74) is 0.604. The number of amides is 2. The van der Waals surface area contributed by atoms with Crippen LogP contribution in [-0.4, -0.2) is 28.2 Å². The molecule has 2 rings (SSSR count). The summed E-state index contributed by atoms with van der Waals surface area (Å²) in [7, 11) is 0. The molecule has 0 saturated heterocycles. The number of urea groups is 1. The lowest BCUT2D eigenvalue weighted by Crippen LogP contribution is -2.34. The zero-order chi connectivity index (χ0) is 17.5. The smallest absolute Gasteiger partial charge is 0.340 e. The second-order valence-electron chi connectivity index (χ2n) is 5.32. The molecule has 0 aliphatic heterocycles. The Morgan fingerprint density at radius 3 is 2.58 bits per heavy atom. The Labute approximate surface area is 139 Å². The van der Waals surface area contributed by atoms with E-state index in [0.29, 0.717) is 18.0 Å². The van der Waals surface area contributed by atoms with E-state index in [-0.39, 0.29) is 24.1 Å². The van der Waals surface area contributed by atoms with E-state index >= 15 is 0 Å². The molecule has 8 nitrogen and oxygen atoms in total. The van der Waals surface area contributed by atoms with Crippen molar-refractivity contribution >= 4 is 17.7 Å². The second-order valence-corrected chi connectivity index (χ2v) is 5.32. The van der Waals surface area contributed by atoms with Gasteiger partial charge in [-0.3, -0.25) is 0 Å². The molecule has 0 spiro atoms. The fraction of sp³-hybridized carbons (Fsp3) is 0.375. The summed E-state index contributed by atoms with van der Waals surface area (Å²) in [5, 5.41) is 12.9. The largest absolute Gasteiger partial charge is 0.452 e. The van der Waals surface area contributed by atoms with Gasteiger partial charge < -0.3 is 19.8 Å². The Kier molecular flexibility index (Phi) is 5.89. The number of aryl methyl sites for hydroxylation is 1. The molecule has 8 heteroatoms. The van der Waals surface area contributed by atoms with Crippen LogP contribution in [0.5, 0.6) is 0 Å². The molecule has 0 aliphatic carbocycles. The van der Waals surface area contributed by atoms with E-state index in [1.807, 2.05) is 20.8 Å². The summed E-state index contributed by atoms with van der Waals surface area (Å²) in [4.78, 5) is 24.0. The number of ether oxygens (including phenoxy) is 1. The lowest BCUT2D eigenvalue weighted by Gasteiger charge is -2.12. The standard InChI is InChI=1S/C16H20N4O4/c1-4-13-19-20-14(24-13)9-23-15(21)11-7-5-6-8-12(11)18-16(22)17-10(2)3/h5-8,10H,4,9H2,1-3H3,(H2,17,18,22). The van der Waals surface area contributed by atoms with Gasteiger partial charge in [-0.1, -0.05) is 19.1 Å². The zero-order valence-electron chi connectivity index (χ0n) is 13.8. The van der Waals surface area contributed by atoms with Crippen molar-refractivity contribution in [3.8, 4) is 0 Å². The predicted octanol–water partition coefficient (Wildman–Crippen LogP) is 2.52. The number of anilines is 1. The molecule has 0 atom stereocenters. The van der Waals surface area contributed by atoms with Crippen LogP contribution in [0.4, 0.5) is 10.5 Å². The fourth-order valence-corrected chi connectivity index (χ4v) is 1.89. The van der Waals surface area contributed by atoms with Gasteiger partial charge in [0.2, 0.25) is 5.89 Å². The predicted molar refractivity (Wildman–Crippen MR) is 86.5 cm³/mol.